The molecular weight excluding hydrogens is 261 g/mol. The molecule has 0 fully saturated rings. The standard InChI is InChI=1S/C11H9F3N4O/c12-6-11(13,14)19-9-8(17-18-10(15)16-9)7-4-2-1-3-5-7/h1-5H,6H2,(H2,15,16,18). The van der Waals surface area contributed by atoms with Gasteiger partial charge in [-0.15, -0.1) is 10.2 Å². The van der Waals surface area contributed by atoms with E-state index >= 15 is 0 Å². The summed E-state index contributed by atoms with van der Waals surface area (Å²) in [6, 6.07) is 8.28. The number of hydrogen-bond donors (Lipinski definition) is 1. The van der Waals surface area contributed by atoms with Gasteiger partial charge in [-0.2, -0.15) is 13.8 Å². The largest absolute Gasteiger partial charge is 0.428 e. The van der Waals surface area contributed by atoms with Crippen molar-refractivity contribution in [3.05, 3.63) is 30.3 Å². The third-order valence-electron chi connectivity index (χ3n) is 2.12. The molecule has 1 heterocycles. The van der Waals surface area contributed by atoms with Crippen molar-refractivity contribution in [3.8, 4) is 17.1 Å². The first-order valence-electron chi connectivity index (χ1n) is 5.20. The molecule has 1 aromatic carbocycles. The number of alkyl halides is 3. The Labute approximate surface area is 106 Å². The Hall–Kier alpha value is -2.38. The molecule has 2 rings (SSSR count). The second-order valence-electron chi connectivity index (χ2n) is 3.56. The van der Waals surface area contributed by atoms with E-state index in [0.29, 0.717) is 5.56 Å². The van der Waals surface area contributed by atoms with E-state index in [1.54, 1.807) is 30.3 Å². The Kier molecular flexibility index (Phi) is 3.50. The van der Waals surface area contributed by atoms with E-state index in [-0.39, 0.29) is 11.6 Å². The lowest BCUT2D eigenvalue weighted by Gasteiger charge is -2.15. The molecule has 0 atom stereocenters. The van der Waals surface area contributed by atoms with Gasteiger partial charge in [-0.3, -0.25) is 0 Å². The van der Waals surface area contributed by atoms with Crippen molar-refractivity contribution in [1.82, 2.24) is 15.2 Å². The number of nitrogen functional groups attached to an aromatic ring is 1. The molecule has 0 aliphatic heterocycles. The monoisotopic (exact) mass is 270 g/mol. The maximum absolute atomic E-state index is 12.9. The Morgan fingerprint density at radius 1 is 1.16 bits per heavy atom. The zero-order valence-electron chi connectivity index (χ0n) is 9.55. The third kappa shape index (κ3) is 3.09. The molecule has 0 radical (unpaired) electrons. The lowest BCUT2D eigenvalue weighted by atomic mass is 10.2. The average molecular weight is 270 g/mol. The predicted molar refractivity (Wildman–Crippen MR) is 61.2 cm³/mol. The summed E-state index contributed by atoms with van der Waals surface area (Å²) in [6.45, 7) is -1.98. The highest BCUT2D eigenvalue weighted by atomic mass is 19.3. The molecule has 8 heteroatoms. The quantitative estimate of drug-likeness (QED) is 0.920. The molecule has 1 aromatic heterocycles. The molecule has 2 N–H and O–H groups in total. The Bertz CT molecular complexity index is 565. The first-order valence-corrected chi connectivity index (χ1v) is 5.20. The molecule has 100 valence electrons. The molecule has 0 unspecified atom stereocenters. The minimum absolute atomic E-state index is 0.0390. The predicted octanol–water partition coefficient (Wildman–Crippen LogP) is 2.06. The van der Waals surface area contributed by atoms with Gasteiger partial charge in [-0.25, -0.2) is 4.39 Å². The van der Waals surface area contributed by atoms with E-state index < -0.39 is 18.7 Å². The number of anilines is 1. The van der Waals surface area contributed by atoms with Gasteiger partial charge >= 0.3 is 6.11 Å². The maximum atomic E-state index is 12.9. The molecule has 0 aliphatic carbocycles. The van der Waals surface area contributed by atoms with Crippen LogP contribution in [0.3, 0.4) is 0 Å². The summed E-state index contributed by atoms with van der Waals surface area (Å²) < 4.78 is 42.2. The van der Waals surface area contributed by atoms with Crippen LogP contribution in [-0.2, 0) is 0 Å². The van der Waals surface area contributed by atoms with Crippen LogP contribution in [0.5, 0.6) is 5.88 Å². The summed E-state index contributed by atoms with van der Waals surface area (Å²) in [7, 11) is 0. The van der Waals surface area contributed by atoms with Gasteiger partial charge in [0.05, 0.1) is 0 Å². The van der Waals surface area contributed by atoms with Crippen LogP contribution in [0.4, 0.5) is 19.1 Å². The van der Waals surface area contributed by atoms with E-state index in [2.05, 4.69) is 19.9 Å². The van der Waals surface area contributed by atoms with Crippen molar-refractivity contribution >= 4 is 5.95 Å². The molecule has 0 aliphatic rings. The number of aromatic nitrogens is 3. The molecular formula is C11H9F3N4O. The summed E-state index contributed by atoms with van der Waals surface area (Å²) in [5.41, 5.74) is 5.67. The van der Waals surface area contributed by atoms with Gasteiger partial charge in [0.15, 0.2) is 12.4 Å². The van der Waals surface area contributed by atoms with Crippen molar-refractivity contribution in [3.63, 3.8) is 0 Å². The first kappa shape index (κ1) is 13.1. The van der Waals surface area contributed by atoms with E-state index in [1.807, 2.05) is 0 Å². The fraction of sp³-hybridized carbons (Fsp3) is 0.182. The second kappa shape index (κ2) is 5.09. The van der Waals surface area contributed by atoms with Crippen molar-refractivity contribution in [1.29, 1.82) is 0 Å². The number of hydrogen-bond acceptors (Lipinski definition) is 5. The number of ether oxygens (including phenoxy) is 1. The first-order chi connectivity index (χ1) is 9.02. The highest BCUT2D eigenvalue weighted by Gasteiger charge is 2.34. The van der Waals surface area contributed by atoms with Gasteiger partial charge in [-0.05, 0) is 0 Å². The summed E-state index contributed by atoms with van der Waals surface area (Å²) >= 11 is 0. The van der Waals surface area contributed by atoms with Crippen molar-refractivity contribution in [2.75, 3.05) is 12.4 Å². The number of nitrogens with zero attached hydrogens (tertiary/aromatic N) is 3. The van der Waals surface area contributed by atoms with Crippen LogP contribution in [0.1, 0.15) is 0 Å². The van der Waals surface area contributed by atoms with Gasteiger partial charge in [0, 0.05) is 5.56 Å². The normalized spacial score (nSPS) is 11.3. The van der Waals surface area contributed by atoms with E-state index in [9.17, 15) is 13.2 Å². The summed E-state index contributed by atoms with van der Waals surface area (Å²) in [6.07, 6.45) is -3.99. The van der Waals surface area contributed by atoms with Crippen LogP contribution in [0.25, 0.3) is 11.3 Å². The molecule has 5 nitrogen and oxygen atoms in total. The average Bonchev–Trinajstić information content (AvgIpc) is 2.39. The lowest BCUT2D eigenvalue weighted by molar-refractivity contribution is -0.188. The van der Waals surface area contributed by atoms with Crippen LogP contribution in [0.2, 0.25) is 0 Å². The molecule has 0 spiro atoms. The molecule has 2 aromatic rings. The molecule has 0 bridgehead atoms. The van der Waals surface area contributed by atoms with Gasteiger partial charge in [0.2, 0.25) is 5.95 Å². The van der Waals surface area contributed by atoms with Crippen LogP contribution in [0, 0.1) is 0 Å². The van der Waals surface area contributed by atoms with Crippen molar-refractivity contribution < 1.29 is 17.9 Å². The topological polar surface area (TPSA) is 73.9 Å². The Morgan fingerprint density at radius 2 is 1.84 bits per heavy atom. The van der Waals surface area contributed by atoms with Gasteiger partial charge in [0.25, 0.3) is 5.88 Å². The Morgan fingerprint density at radius 3 is 2.47 bits per heavy atom. The maximum Gasteiger partial charge on any atom is 0.428 e. The second-order valence-corrected chi connectivity index (χ2v) is 3.56. The lowest BCUT2D eigenvalue weighted by Crippen LogP contribution is -2.28. The minimum atomic E-state index is -3.99. The van der Waals surface area contributed by atoms with Crippen LogP contribution in [0.15, 0.2) is 30.3 Å². The van der Waals surface area contributed by atoms with E-state index in [4.69, 9.17) is 5.73 Å². The highest BCUT2D eigenvalue weighted by Crippen LogP contribution is 2.29. The van der Waals surface area contributed by atoms with Gasteiger partial charge < -0.3 is 10.5 Å². The third-order valence-corrected chi connectivity index (χ3v) is 2.12. The number of rotatable bonds is 4. The Balaban J connectivity index is 2.45. The fourth-order valence-electron chi connectivity index (χ4n) is 1.34. The van der Waals surface area contributed by atoms with Crippen LogP contribution in [-0.4, -0.2) is 28.0 Å². The van der Waals surface area contributed by atoms with Crippen molar-refractivity contribution in [2.24, 2.45) is 0 Å². The van der Waals surface area contributed by atoms with Crippen LogP contribution < -0.4 is 10.5 Å². The zero-order chi connectivity index (χ0) is 13.9. The number of benzene rings is 1. The molecule has 0 amide bonds. The van der Waals surface area contributed by atoms with E-state index in [0.717, 1.165) is 0 Å². The fourth-order valence-corrected chi connectivity index (χ4v) is 1.34. The molecule has 0 saturated carbocycles. The molecule has 0 saturated heterocycles. The summed E-state index contributed by atoms with van der Waals surface area (Å²) in [4.78, 5) is 3.52. The summed E-state index contributed by atoms with van der Waals surface area (Å²) in [5.74, 6) is -0.911. The summed E-state index contributed by atoms with van der Waals surface area (Å²) in [5, 5.41) is 7.12. The van der Waals surface area contributed by atoms with Gasteiger partial charge in [-0.1, -0.05) is 30.3 Å². The molecule has 19 heavy (non-hydrogen) atoms. The van der Waals surface area contributed by atoms with Crippen LogP contribution >= 0.6 is 0 Å². The van der Waals surface area contributed by atoms with E-state index in [1.165, 1.54) is 0 Å². The number of nitrogens with two attached hydrogens (primary N) is 1. The zero-order valence-corrected chi connectivity index (χ0v) is 9.55. The van der Waals surface area contributed by atoms with Gasteiger partial charge in [0.1, 0.15) is 0 Å². The minimum Gasteiger partial charge on any atom is -0.410 e. The highest BCUT2D eigenvalue weighted by molar-refractivity contribution is 5.64. The SMILES string of the molecule is Nc1nnc(-c2ccccc2)c(OC(F)(F)CF)n1. The van der Waals surface area contributed by atoms with Crippen molar-refractivity contribution in [2.45, 2.75) is 6.11 Å². The number of halogens is 3. The smallest absolute Gasteiger partial charge is 0.410 e.